The monoisotopic (exact) mass is 475 g/mol. The summed E-state index contributed by atoms with van der Waals surface area (Å²) in [6.45, 7) is 11.2. The third-order valence-electron chi connectivity index (χ3n) is 6.84. The van der Waals surface area contributed by atoms with Crippen LogP contribution in [0.5, 0.6) is 0 Å². The van der Waals surface area contributed by atoms with E-state index >= 15 is 0 Å². The first kappa shape index (κ1) is 25.8. The van der Waals surface area contributed by atoms with Crippen LogP contribution >= 0.6 is 11.3 Å². The number of Topliss-reactive ketones (excluding diaryl/α,β-unsaturated/α-hetero) is 1. The van der Waals surface area contributed by atoms with Gasteiger partial charge in [0, 0.05) is 29.2 Å². The van der Waals surface area contributed by atoms with Gasteiger partial charge in [-0.2, -0.15) is 0 Å². The topological polar surface area (TPSA) is 89.0 Å². The van der Waals surface area contributed by atoms with E-state index in [1.54, 1.807) is 38.2 Å². The summed E-state index contributed by atoms with van der Waals surface area (Å²) in [6.07, 6.45) is 7.18. The van der Waals surface area contributed by atoms with Crippen LogP contribution in [-0.2, 0) is 19.1 Å². The van der Waals surface area contributed by atoms with Gasteiger partial charge in [-0.3, -0.25) is 4.79 Å². The van der Waals surface area contributed by atoms with Crippen molar-refractivity contribution in [1.29, 1.82) is 0 Å². The molecule has 3 heterocycles. The van der Waals surface area contributed by atoms with E-state index < -0.39 is 29.5 Å². The fourth-order valence-corrected chi connectivity index (χ4v) is 5.11. The highest BCUT2D eigenvalue weighted by Crippen LogP contribution is 2.35. The number of ether oxygens (including phenoxy) is 2. The molecule has 1 saturated heterocycles. The average molecular weight is 476 g/mol. The Labute approximate surface area is 201 Å². The average Bonchev–Trinajstić information content (AvgIpc) is 3.37. The molecule has 6 nitrogen and oxygen atoms in total. The number of cyclic esters (lactones) is 1. The third kappa shape index (κ3) is 6.84. The number of thiazole rings is 1. The van der Waals surface area contributed by atoms with Crippen molar-refractivity contribution < 1.29 is 24.2 Å². The number of carbonyl (C=O) groups excluding carboxylic acids is 2. The van der Waals surface area contributed by atoms with Gasteiger partial charge in [0.15, 0.2) is 0 Å². The van der Waals surface area contributed by atoms with E-state index in [9.17, 15) is 14.7 Å². The molecule has 0 unspecified atom stereocenters. The molecule has 7 heteroatoms. The Hall–Kier alpha value is -1.83. The zero-order valence-electron chi connectivity index (χ0n) is 20.5. The molecule has 1 aromatic rings. The van der Waals surface area contributed by atoms with Crippen molar-refractivity contribution in [3.8, 4) is 0 Å². The summed E-state index contributed by atoms with van der Waals surface area (Å²) in [5.41, 5.74) is 0.882. The Bertz CT molecular complexity index is 918. The maximum atomic E-state index is 13.1. The van der Waals surface area contributed by atoms with E-state index in [1.165, 1.54) is 6.08 Å². The SMILES string of the molecule is C/C(=C\c1csc(C)n1)[C@@H]1C[C@@H]2O[C@H]2CCC[C@H](C)[C@@H](O)[C@H](C)C(=O)C(C)(C)/C=C/C(=O)O1. The van der Waals surface area contributed by atoms with E-state index in [2.05, 4.69) is 4.98 Å². The molecule has 0 aromatic carbocycles. The number of hydrogen-bond acceptors (Lipinski definition) is 7. The van der Waals surface area contributed by atoms with Gasteiger partial charge in [0.2, 0.25) is 0 Å². The lowest BCUT2D eigenvalue weighted by atomic mass is 9.76. The number of epoxide rings is 1. The van der Waals surface area contributed by atoms with Gasteiger partial charge >= 0.3 is 5.97 Å². The number of aliphatic hydroxyl groups is 1. The molecule has 182 valence electrons. The predicted molar refractivity (Wildman–Crippen MR) is 130 cm³/mol. The molecule has 3 rings (SSSR count). The minimum absolute atomic E-state index is 0.0123. The first-order valence-electron chi connectivity index (χ1n) is 11.9. The summed E-state index contributed by atoms with van der Waals surface area (Å²) < 4.78 is 11.7. The van der Waals surface area contributed by atoms with Crippen molar-refractivity contribution in [2.45, 2.75) is 91.6 Å². The Morgan fingerprint density at radius 3 is 2.64 bits per heavy atom. The van der Waals surface area contributed by atoms with Crippen LogP contribution in [0.1, 0.15) is 71.0 Å². The van der Waals surface area contributed by atoms with Gasteiger partial charge < -0.3 is 14.6 Å². The number of ketones is 1. The Kier molecular flexibility index (Phi) is 8.30. The van der Waals surface area contributed by atoms with Gasteiger partial charge in [-0.05, 0) is 58.1 Å². The van der Waals surface area contributed by atoms with Gasteiger partial charge in [-0.1, -0.05) is 26.3 Å². The Morgan fingerprint density at radius 1 is 1.24 bits per heavy atom. The van der Waals surface area contributed by atoms with E-state index in [4.69, 9.17) is 9.47 Å². The smallest absolute Gasteiger partial charge is 0.331 e. The molecule has 2 aliphatic rings. The number of carbonyl (C=O) groups is 2. The van der Waals surface area contributed by atoms with Crippen molar-refractivity contribution >= 4 is 29.2 Å². The van der Waals surface area contributed by atoms with Gasteiger partial charge in [0.1, 0.15) is 11.9 Å². The molecular formula is C26H37NO5S. The molecule has 33 heavy (non-hydrogen) atoms. The zero-order valence-corrected chi connectivity index (χ0v) is 21.4. The molecule has 1 aromatic heterocycles. The molecule has 0 aliphatic carbocycles. The number of aromatic nitrogens is 1. The van der Waals surface area contributed by atoms with Crippen LogP contribution < -0.4 is 0 Å². The van der Waals surface area contributed by atoms with E-state index in [1.807, 2.05) is 32.2 Å². The molecule has 0 spiro atoms. The molecule has 6 atom stereocenters. The summed E-state index contributed by atoms with van der Waals surface area (Å²) in [7, 11) is 0. The van der Waals surface area contributed by atoms with Crippen molar-refractivity contribution in [2.24, 2.45) is 17.3 Å². The second kappa shape index (κ2) is 10.6. The standard InChI is InChI=1S/C26H37NO5S/c1-15-8-7-9-20-22(31-20)13-21(16(2)12-19-14-33-18(4)27-19)32-23(28)10-11-26(5,6)25(30)17(3)24(15)29/h10-12,14-15,17,20-22,24,29H,7-9,13H2,1-6H3/b11-10+,16-12+/t15-,17-,20-,21-,22-,24+/m0/s1. The van der Waals surface area contributed by atoms with Gasteiger partial charge in [0.05, 0.1) is 29.0 Å². The molecule has 0 bridgehead atoms. The van der Waals surface area contributed by atoms with Crippen molar-refractivity contribution in [1.82, 2.24) is 4.98 Å². The summed E-state index contributed by atoms with van der Waals surface area (Å²) >= 11 is 1.58. The maximum absolute atomic E-state index is 13.1. The van der Waals surface area contributed by atoms with Crippen molar-refractivity contribution in [2.75, 3.05) is 0 Å². The zero-order chi connectivity index (χ0) is 24.3. The lowest BCUT2D eigenvalue weighted by Crippen LogP contribution is -2.38. The highest BCUT2D eigenvalue weighted by molar-refractivity contribution is 7.09. The summed E-state index contributed by atoms with van der Waals surface area (Å²) in [5.74, 6) is -1.09. The molecule has 0 saturated carbocycles. The molecule has 1 N–H and O–H groups in total. The van der Waals surface area contributed by atoms with Crippen LogP contribution in [0.2, 0.25) is 0 Å². The third-order valence-corrected chi connectivity index (χ3v) is 7.63. The Morgan fingerprint density at radius 2 is 1.97 bits per heavy atom. The van der Waals surface area contributed by atoms with Crippen LogP contribution in [0.3, 0.4) is 0 Å². The minimum Gasteiger partial charge on any atom is -0.455 e. The van der Waals surface area contributed by atoms with Crippen molar-refractivity contribution in [3.63, 3.8) is 0 Å². The highest BCUT2D eigenvalue weighted by Gasteiger charge is 2.41. The summed E-state index contributed by atoms with van der Waals surface area (Å²) in [4.78, 5) is 30.3. The van der Waals surface area contributed by atoms with E-state index in [0.717, 1.165) is 35.5 Å². The summed E-state index contributed by atoms with van der Waals surface area (Å²) in [5, 5.41) is 13.7. The molecule has 0 radical (unpaired) electrons. The molecule has 0 amide bonds. The lowest BCUT2D eigenvalue weighted by molar-refractivity contribution is -0.141. The van der Waals surface area contributed by atoms with E-state index in [0.29, 0.717) is 6.42 Å². The normalized spacial score (nSPS) is 34.9. The molecule has 2 aliphatic heterocycles. The first-order chi connectivity index (χ1) is 15.5. The number of allylic oxidation sites excluding steroid dienone is 1. The number of fused-ring (bicyclic) bond motifs is 1. The number of rotatable bonds is 2. The van der Waals surface area contributed by atoms with E-state index in [-0.39, 0.29) is 23.9 Å². The number of aryl methyl sites for hydroxylation is 1. The van der Waals surface area contributed by atoms with Gasteiger partial charge in [-0.25, -0.2) is 9.78 Å². The quantitative estimate of drug-likeness (QED) is 0.484. The Balaban J connectivity index is 1.82. The second-order valence-electron chi connectivity index (χ2n) is 10.2. The fourth-order valence-electron chi connectivity index (χ4n) is 4.54. The van der Waals surface area contributed by atoms with Gasteiger partial charge in [0.25, 0.3) is 0 Å². The minimum atomic E-state index is -0.889. The van der Waals surface area contributed by atoms with Crippen LogP contribution in [0.15, 0.2) is 23.1 Å². The molecule has 1 fully saturated rings. The predicted octanol–water partition coefficient (Wildman–Crippen LogP) is 4.89. The number of aliphatic hydroxyl groups excluding tert-OH is 1. The second-order valence-corrected chi connectivity index (χ2v) is 11.2. The van der Waals surface area contributed by atoms with Crippen LogP contribution in [0.25, 0.3) is 6.08 Å². The van der Waals surface area contributed by atoms with Gasteiger partial charge in [-0.15, -0.1) is 11.3 Å². The number of nitrogens with zero attached hydrogens (tertiary/aromatic N) is 1. The highest BCUT2D eigenvalue weighted by atomic mass is 32.1. The van der Waals surface area contributed by atoms with Crippen LogP contribution in [0.4, 0.5) is 0 Å². The first-order valence-corrected chi connectivity index (χ1v) is 12.7. The van der Waals surface area contributed by atoms with Crippen LogP contribution in [0, 0.1) is 24.2 Å². The van der Waals surface area contributed by atoms with Crippen LogP contribution in [-0.4, -0.2) is 46.3 Å². The molecular weight excluding hydrogens is 438 g/mol. The summed E-state index contributed by atoms with van der Waals surface area (Å²) in [6, 6.07) is 0. The largest absolute Gasteiger partial charge is 0.455 e. The maximum Gasteiger partial charge on any atom is 0.331 e. The van der Waals surface area contributed by atoms with Crippen molar-refractivity contribution in [3.05, 3.63) is 33.8 Å². The number of hydrogen-bond donors (Lipinski definition) is 1. The number of esters is 1. The lowest BCUT2D eigenvalue weighted by Gasteiger charge is -2.29. The fraction of sp³-hybridized carbons (Fsp3) is 0.654.